The third kappa shape index (κ3) is 2.93. The highest BCUT2D eigenvalue weighted by Crippen LogP contribution is 2.23. The highest BCUT2D eigenvalue weighted by Gasteiger charge is 2.44. The topological polar surface area (TPSA) is 33.2 Å². The van der Waals surface area contributed by atoms with Crippen LogP contribution < -0.4 is 0 Å². The molecule has 98 valence electrons. The molecule has 1 unspecified atom stereocenters. The third-order valence-electron chi connectivity index (χ3n) is 2.96. The van der Waals surface area contributed by atoms with Crippen molar-refractivity contribution >= 4 is 0 Å². The first kappa shape index (κ1) is 15.8. The van der Waals surface area contributed by atoms with Crippen LogP contribution >= 0.6 is 0 Å². The standard InChI is InChI=1S/C11H28N4O/c1-12(2)9-10(16)11(13(3)4,14(5)6)15(7)8/h10,16H,9H2,1-8H3. The summed E-state index contributed by atoms with van der Waals surface area (Å²) in [6.45, 7) is 0.620. The van der Waals surface area contributed by atoms with E-state index in [9.17, 15) is 5.11 Å². The second-order valence-corrected chi connectivity index (χ2v) is 5.15. The lowest BCUT2D eigenvalue weighted by atomic mass is 10.1. The van der Waals surface area contributed by atoms with E-state index < -0.39 is 11.9 Å². The Kier molecular flexibility index (Phi) is 5.86. The summed E-state index contributed by atoms with van der Waals surface area (Å²) in [5.41, 5.74) is 0. The molecule has 0 saturated carbocycles. The summed E-state index contributed by atoms with van der Waals surface area (Å²) >= 11 is 0. The number of rotatable bonds is 6. The molecule has 0 heterocycles. The van der Waals surface area contributed by atoms with Crippen LogP contribution in [0, 0.1) is 0 Å². The monoisotopic (exact) mass is 232 g/mol. The van der Waals surface area contributed by atoms with Crippen LogP contribution in [0.4, 0.5) is 0 Å². The summed E-state index contributed by atoms with van der Waals surface area (Å²) in [6, 6.07) is 0. The molecule has 0 aromatic heterocycles. The van der Waals surface area contributed by atoms with Gasteiger partial charge in [-0.05, 0) is 56.4 Å². The van der Waals surface area contributed by atoms with Crippen LogP contribution in [0.25, 0.3) is 0 Å². The van der Waals surface area contributed by atoms with Gasteiger partial charge in [-0.15, -0.1) is 0 Å². The Morgan fingerprint density at radius 1 is 0.812 bits per heavy atom. The molecular weight excluding hydrogens is 204 g/mol. The number of aliphatic hydroxyl groups excluding tert-OH is 1. The SMILES string of the molecule is CN(C)CC(O)C(N(C)C)(N(C)C)N(C)C. The van der Waals surface area contributed by atoms with Crippen LogP contribution in [-0.4, -0.2) is 99.5 Å². The maximum Gasteiger partial charge on any atom is 0.157 e. The van der Waals surface area contributed by atoms with Crippen molar-refractivity contribution in [2.24, 2.45) is 0 Å². The highest BCUT2D eigenvalue weighted by molar-refractivity contribution is 4.90. The molecule has 0 rings (SSSR count). The van der Waals surface area contributed by atoms with Crippen LogP contribution in [0.15, 0.2) is 0 Å². The normalized spacial score (nSPS) is 15.6. The molecule has 0 aliphatic rings. The maximum atomic E-state index is 10.5. The van der Waals surface area contributed by atoms with Gasteiger partial charge in [0.15, 0.2) is 5.79 Å². The van der Waals surface area contributed by atoms with E-state index in [0.29, 0.717) is 6.54 Å². The Bertz CT molecular complexity index is 182. The number of hydrogen-bond acceptors (Lipinski definition) is 5. The Morgan fingerprint density at radius 3 is 1.31 bits per heavy atom. The van der Waals surface area contributed by atoms with E-state index in [1.165, 1.54) is 0 Å². The Hall–Kier alpha value is -0.200. The quantitative estimate of drug-likeness (QED) is 0.609. The van der Waals surface area contributed by atoms with Crippen LogP contribution in [0.5, 0.6) is 0 Å². The molecule has 5 nitrogen and oxygen atoms in total. The van der Waals surface area contributed by atoms with Crippen molar-refractivity contribution in [1.29, 1.82) is 0 Å². The average molecular weight is 232 g/mol. The molecule has 0 aliphatic carbocycles. The van der Waals surface area contributed by atoms with E-state index in [0.717, 1.165) is 0 Å². The second kappa shape index (κ2) is 5.93. The minimum absolute atomic E-state index is 0.484. The minimum atomic E-state index is -0.496. The molecule has 5 heteroatoms. The summed E-state index contributed by atoms with van der Waals surface area (Å²) < 4.78 is 0. The molecule has 0 fully saturated rings. The molecule has 0 aromatic rings. The smallest absolute Gasteiger partial charge is 0.157 e. The van der Waals surface area contributed by atoms with Gasteiger partial charge in [-0.3, -0.25) is 14.7 Å². The van der Waals surface area contributed by atoms with Crippen LogP contribution in [0.3, 0.4) is 0 Å². The van der Waals surface area contributed by atoms with Gasteiger partial charge in [0, 0.05) is 6.54 Å². The fourth-order valence-corrected chi connectivity index (χ4v) is 2.56. The van der Waals surface area contributed by atoms with Gasteiger partial charge in [0.1, 0.15) is 6.10 Å². The number of hydrogen-bond donors (Lipinski definition) is 1. The minimum Gasteiger partial charge on any atom is -0.387 e. The molecule has 0 spiro atoms. The van der Waals surface area contributed by atoms with Gasteiger partial charge >= 0.3 is 0 Å². The maximum absolute atomic E-state index is 10.5. The van der Waals surface area contributed by atoms with E-state index in [-0.39, 0.29) is 0 Å². The van der Waals surface area contributed by atoms with Crippen LogP contribution in [0.2, 0.25) is 0 Å². The van der Waals surface area contributed by atoms with E-state index >= 15 is 0 Å². The number of aliphatic hydroxyl groups is 1. The first-order valence-electron chi connectivity index (χ1n) is 5.52. The molecule has 0 aromatic carbocycles. The van der Waals surface area contributed by atoms with Crippen molar-refractivity contribution in [3.63, 3.8) is 0 Å². The molecule has 0 bridgehead atoms. The zero-order valence-corrected chi connectivity index (χ0v) is 12.0. The van der Waals surface area contributed by atoms with E-state index in [1.807, 2.05) is 76.0 Å². The average Bonchev–Trinajstić information content (AvgIpc) is 1.99. The largest absolute Gasteiger partial charge is 0.387 e. The predicted molar refractivity (Wildman–Crippen MR) is 68.4 cm³/mol. The first-order chi connectivity index (χ1) is 7.17. The van der Waals surface area contributed by atoms with Crippen LogP contribution in [0.1, 0.15) is 0 Å². The van der Waals surface area contributed by atoms with Crippen LogP contribution in [-0.2, 0) is 0 Å². The summed E-state index contributed by atoms with van der Waals surface area (Å²) in [5, 5.41) is 10.5. The summed E-state index contributed by atoms with van der Waals surface area (Å²) in [7, 11) is 15.8. The zero-order valence-electron chi connectivity index (χ0n) is 12.0. The number of nitrogens with zero attached hydrogens (tertiary/aromatic N) is 4. The van der Waals surface area contributed by atoms with Gasteiger partial charge in [-0.25, -0.2) is 0 Å². The fraction of sp³-hybridized carbons (Fsp3) is 1.00. The summed E-state index contributed by atoms with van der Waals surface area (Å²) in [5.74, 6) is -0.496. The zero-order chi connectivity index (χ0) is 13.1. The predicted octanol–water partition coefficient (Wildman–Crippen LogP) is -0.752. The van der Waals surface area contributed by atoms with Crippen molar-refractivity contribution in [2.45, 2.75) is 11.9 Å². The second-order valence-electron chi connectivity index (χ2n) is 5.15. The van der Waals surface area contributed by atoms with Gasteiger partial charge in [0.25, 0.3) is 0 Å². The van der Waals surface area contributed by atoms with Crippen molar-refractivity contribution < 1.29 is 5.11 Å². The third-order valence-corrected chi connectivity index (χ3v) is 2.96. The Balaban J connectivity index is 5.18. The summed E-state index contributed by atoms with van der Waals surface area (Å²) in [4.78, 5) is 8.12. The van der Waals surface area contributed by atoms with Gasteiger partial charge in [-0.1, -0.05) is 0 Å². The van der Waals surface area contributed by atoms with E-state index in [1.54, 1.807) is 0 Å². The first-order valence-corrected chi connectivity index (χ1v) is 5.52. The molecule has 1 atom stereocenters. The van der Waals surface area contributed by atoms with Gasteiger partial charge in [0.05, 0.1) is 0 Å². The van der Waals surface area contributed by atoms with E-state index in [4.69, 9.17) is 0 Å². The lowest BCUT2D eigenvalue weighted by Crippen LogP contribution is -2.71. The molecule has 0 saturated heterocycles. The summed E-state index contributed by atoms with van der Waals surface area (Å²) in [6.07, 6.45) is -0.484. The molecule has 0 amide bonds. The molecule has 1 N–H and O–H groups in total. The number of likely N-dealkylation sites (N-methyl/N-ethyl adjacent to an activating group) is 4. The molecular formula is C11H28N4O. The van der Waals surface area contributed by atoms with Gasteiger partial charge in [0.2, 0.25) is 0 Å². The lowest BCUT2D eigenvalue weighted by Gasteiger charge is -2.52. The van der Waals surface area contributed by atoms with Crippen molar-refractivity contribution in [2.75, 3.05) is 62.9 Å². The van der Waals surface area contributed by atoms with E-state index in [2.05, 4.69) is 0 Å². The van der Waals surface area contributed by atoms with Crippen molar-refractivity contribution in [3.05, 3.63) is 0 Å². The van der Waals surface area contributed by atoms with Gasteiger partial charge < -0.3 is 10.0 Å². The lowest BCUT2D eigenvalue weighted by molar-refractivity contribution is -0.183. The molecule has 0 radical (unpaired) electrons. The molecule has 16 heavy (non-hydrogen) atoms. The highest BCUT2D eigenvalue weighted by atomic mass is 16.3. The van der Waals surface area contributed by atoms with Gasteiger partial charge in [-0.2, -0.15) is 0 Å². The van der Waals surface area contributed by atoms with Crippen molar-refractivity contribution in [1.82, 2.24) is 19.6 Å². The van der Waals surface area contributed by atoms with Crippen molar-refractivity contribution in [3.8, 4) is 0 Å². The fourth-order valence-electron chi connectivity index (χ4n) is 2.56. The molecule has 0 aliphatic heterocycles. The Labute approximate surface area is 100 Å². The Morgan fingerprint density at radius 2 is 1.12 bits per heavy atom.